The van der Waals surface area contributed by atoms with E-state index in [2.05, 4.69) is 21.3 Å². The number of anilines is 1. The highest BCUT2D eigenvalue weighted by molar-refractivity contribution is 6.30. The van der Waals surface area contributed by atoms with Crippen LogP contribution in [0.2, 0.25) is 5.02 Å². The van der Waals surface area contributed by atoms with E-state index in [4.69, 9.17) is 16.3 Å². The molecule has 7 nitrogen and oxygen atoms in total. The second-order valence-corrected chi connectivity index (χ2v) is 7.39. The highest BCUT2D eigenvalue weighted by Gasteiger charge is 2.30. The van der Waals surface area contributed by atoms with E-state index in [1.807, 2.05) is 48.5 Å². The molecule has 0 saturated carbocycles. The Morgan fingerprint density at radius 3 is 2.97 bits per heavy atom. The van der Waals surface area contributed by atoms with E-state index in [1.165, 1.54) is 0 Å². The van der Waals surface area contributed by atoms with Crippen LogP contribution in [0.4, 0.5) is 5.69 Å². The molecule has 1 amide bonds. The first-order valence-corrected chi connectivity index (χ1v) is 9.71. The van der Waals surface area contributed by atoms with Gasteiger partial charge in [-0.1, -0.05) is 35.9 Å². The Morgan fingerprint density at radius 1 is 1.28 bits per heavy atom. The van der Waals surface area contributed by atoms with E-state index < -0.39 is 0 Å². The molecule has 0 bridgehead atoms. The van der Waals surface area contributed by atoms with Gasteiger partial charge in [0.2, 0.25) is 5.91 Å². The van der Waals surface area contributed by atoms with Gasteiger partial charge in [0.05, 0.1) is 25.5 Å². The maximum Gasteiger partial charge on any atom is 0.243 e. The Hall–Kier alpha value is -2.87. The number of hydrogen-bond donors (Lipinski definition) is 3. The molecule has 1 fully saturated rings. The second-order valence-electron chi connectivity index (χ2n) is 6.95. The van der Waals surface area contributed by atoms with Crippen LogP contribution >= 0.6 is 11.6 Å². The van der Waals surface area contributed by atoms with Crippen molar-refractivity contribution in [3.63, 3.8) is 0 Å². The second kappa shape index (κ2) is 8.65. The quantitative estimate of drug-likeness (QED) is 0.580. The van der Waals surface area contributed by atoms with E-state index >= 15 is 0 Å². The third kappa shape index (κ3) is 4.76. The lowest BCUT2D eigenvalue weighted by Crippen LogP contribution is -2.39. The van der Waals surface area contributed by atoms with Gasteiger partial charge in [0.1, 0.15) is 11.8 Å². The lowest BCUT2D eigenvalue weighted by molar-refractivity contribution is -0.117. The maximum atomic E-state index is 12.6. The first-order chi connectivity index (χ1) is 14.1. The minimum Gasteiger partial charge on any atom is -0.497 e. The Bertz CT molecular complexity index is 1010. The number of halogens is 1. The van der Waals surface area contributed by atoms with Gasteiger partial charge < -0.3 is 10.1 Å². The van der Waals surface area contributed by atoms with E-state index in [0.717, 1.165) is 16.9 Å². The van der Waals surface area contributed by atoms with Crippen molar-refractivity contribution in [2.45, 2.75) is 25.0 Å². The molecule has 1 aliphatic rings. The summed E-state index contributed by atoms with van der Waals surface area (Å²) < 4.78 is 7.04. The summed E-state index contributed by atoms with van der Waals surface area (Å²) in [4.78, 5) is 12.6. The van der Waals surface area contributed by atoms with Gasteiger partial charge in [0, 0.05) is 17.3 Å². The molecular formula is C21H22ClN5O2. The smallest absolute Gasteiger partial charge is 0.243 e. The summed E-state index contributed by atoms with van der Waals surface area (Å²) in [6, 6.07) is 15.1. The van der Waals surface area contributed by atoms with Gasteiger partial charge in [-0.2, -0.15) is 5.10 Å². The zero-order valence-corrected chi connectivity index (χ0v) is 16.7. The van der Waals surface area contributed by atoms with Gasteiger partial charge in [-0.15, -0.1) is 0 Å². The van der Waals surface area contributed by atoms with Crippen molar-refractivity contribution in [1.29, 1.82) is 0 Å². The van der Waals surface area contributed by atoms with Crippen LogP contribution in [0.15, 0.2) is 60.9 Å². The van der Waals surface area contributed by atoms with Crippen LogP contribution in [0.25, 0.3) is 0 Å². The standard InChI is InChI=1S/C21H22ClN5O2/c1-29-18-7-3-5-15(9-18)19-10-20(26-25-19)21(28)24-17-11-23-27(13-17)12-14-4-2-6-16(22)8-14/h2-9,11,13,19-20,25-26H,10,12H2,1H3,(H,24,28). The number of nitrogens with one attached hydrogen (secondary N) is 3. The predicted molar refractivity (Wildman–Crippen MR) is 112 cm³/mol. The van der Waals surface area contributed by atoms with Crippen LogP contribution in [0.5, 0.6) is 5.75 Å². The van der Waals surface area contributed by atoms with Gasteiger partial charge >= 0.3 is 0 Å². The van der Waals surface area contributed by atoms with Crippen molar-refractivity contribution >= 4 is 23.2 Å². The number of carbonyl (C=O) groups is 1. The molecule has 2 heterocycles. The Morgan fingerprint density at radius 2 is 2.14 bits per heavy atom. The molecule has 4 rings (SSSR count). The molecule has 3 N–H and O–H groups in total. The molecule has 2 atom stereocenters. The largest absolute Gasteiger partial charge is 0.497 e. The number of carbonyl (C=O) groups excluding carboxylic acids is 1. The molecular weight excluding hydrogens is 390 g/mol. The maximum absolute atomic E-state index is 12.6. The number of nitrogens with zero attached hydrogens (tertiary/aromatic N) is 2. The summed E-state index contributed by atoms with van der Waals surface area (Å²) in [5.41, 5.74) is 9.03. The average molecular weight is 412 g/mol. The topological polar surface area (TPSA) is 80.2 Å². The summed E-state index contributed by atoms with van der Waals surface area (Å²) in [6.45, 7) is 0.581. The highest BCUT2D eigenvalue weighted by atomic mass is 35.5. The first kappa shape index (κ1) is 19.4. The summed E-state index contributed by atoms with van der Waals surface area (Å²) >= 11 is 6.02. The normalized spacial score (nSPS) is 18.6. The fourth-order valence-corrected chi connectivity index (χ4v) is 3.58. The molecule has 0 spiro atoms. The van der Waals surface area contributed by atoms with Gasteiger partial charge in [0.15, 0.2) is 0 Å². The van der Waals surface area contributed by atoms with Crippen molar-refractivity contribution in [1.82, 2.24) is 20.6 Å². The Balaban J connectivity index is 1.34. The van der Waals surface area contributed by atoms with Crippen LogP contribution in [0, 0.1) is 0 Å². The van der Waals surface area contributed by atoms with Gasteiger partial charge in [-0.05, 0) is 41.8 Å². The summed E-state index contributed by atoms with van der Waals surface area (Å²) in [5, 5.41) is 7.92. The minimum absolute atomic E-state index is 0.0337. The third-order valence-electron chi connectivity index (χ3n) is 4.85. The summed E-state index contributed by atoms with van der Waals surface area (Å²) in [7, 11) is 1.64. The van der Waals surface area contributed by atoms with Crippen LogP contribution in [-0.2, 0) is 11.3 Å². The van der Waals surface area contributed by atoms with Crippen LogP contribution in [-0.4, -0.2) is 28.8 Å². The zero-order chi connectivity index (χ0) is 20.2. The van der Waals surface area contributed by atoms with Gasteiger partial charge in [-0.25, -0.2) is 10.9 Å². The number of benzene rings is 2. The monoisotopic (exact) mass is 411 g/mol. The first-order valence-electron chi connectivity index (χ1n) is 9.33. The number of methoxy groups -OCH3 is 1. The fraction of sp³-hybridized carbons (Fsp3) is 0.238. The number of rotatable bonds is 6. The van der Waals surface area contributed by atoms with E-state index in [1.54, 1.807) is 24.2 Å². The molecule has 2 aromatic carbocycles. The van der Waals surface area contributed by atoms with E-state index in [-0.39, 0.29) is 18.0 Å². The van der Waals surface area contributed by atoms with Crippen molar-refractivity contribution in [2.24, 2.45) is 0 Å². The average Bonchev–Trinajstić information content (AvgIpc) is 3.38. The van der Waals surface area contributed by atoms with Gasteiger partial charge in [0.25, 0.3) is 0 Å². The molecule has 150 valence electrons. The van der Waals surface area contributed by atoms with Crippen LogP contribution < -0.4 is 20.9 Å². The molecule has 0 radical (unpaired) electrons. The number of hydrazine groups is 1. The molecule has 1 saturated heterocycles. The number of amides is 1. The van der Waals surface area contributed by atoms with Crippen LogP contribution in [0.3, 0.4) is 0 Å². The van der Waals surface area contributed by atoms with E-state index in [0.29, 0.717) is 23.7 Å². The Labute approximate surface area is 174 Å². The number of ether oxygens (including phenoxy) is 1. The van der Waals surface area contributed by atoms with Crippen molar-refractivity contribution in [3.8, 4) is 5.75 Å². The predicted octanol–water partition coefficient (Wildman–Crippen LogP) is 3.14. The fourth-order valence-electron chi connectivity index (χ4n) is 3.37. The molecule has 2 unspecified atom stereocenters. The van der Waals surface area contributed by atoms with Crippen molar-refractivity contribution < 1.29 is 9.53 Å². The minimum atomic E-state index is -0.345. The van der Waals surface area contributed by atoms with Crippen LogP contribution in [0.1, 0.15) is 23.6 Å². The Kier molecular flexibility index (Phi) is 5.80. The third-order valence-corrected chi connectivity index (χ3v) is 5.09. The lowest BCUT2D eigenvalue weighted by Gasteiger charge is -2.11. The molecule has 29 heavy (non-hydrogen) atoms. The molecule has 8 heteroatoms. The van der Waals surface area contributed by atoms with Crippen molar-refractivity contribution in [3.05, 3.63) is 77.1 Å². The summed E-state index contributed by atoms with van der Waals surface area (Å²) in [5.74, 6) is 0.689. The number of aromatic nitrogens is 2. The number of hydrogen-bond acceptors (Lipinski definition) is 5. The highest BCUT2D eigenvalue weighted by Crippen LogP contribution is 2.25. The zero-order valence-electron chi connectivity index (χ0n) is 15.9. The SMILES string of the molecule is COc1cccc(C2CC(C(=O)Nc3cnn(Cc4cccc(Cl)c4)c3)NN2)c1. The van der Waals surface area contributed by atoms with Crippen molar-refractivity contribution in [2.75, 3.05) is 12.4 Å². The van der Waals surface area contributed by atoms with Gasteiger partial charge in [-0.3, -0.25) is 9.48 Å². The molecule has 1 aliphatic heterocycles. The molecule has 1 aromatic heterocycles. The van der Waals surface area contributed by atoms with E-state index in [9.17, 15) is 4.79 Å². The molecule has 3 aromatic rings. The lowest BCUT2D eigenvalue weighted by atomic mass is 10.0. The summed E-state index contributed by atoms with van der Waals surface area (Å²) in [6.07, 6.45) is 4.08. The molecule has 0 aliphatic carbocycles.